The van der Waals surface area contributed by atoms with Gasteiger partial charge in [-0.3, -0.25) is 0 Å². The van der Waals surface area contributed by atoms with Gasteiger partial charge < -0.3 is 9.72 Å². The van der Waals surface area contributed by atoms with E-state index in [1.165, 1.54) is 0 Å². The van der Waals surface area contributed by atoms with Crippen molar-refractivity contribution in [3.8, 4) is 11.4 Å². The zero-order valence-electron chi connectivity index (χ0n) is 12.3. The van der Waals surface area contributed by atoms with E-state index in [0.717, 1.165) is 12.1 Å². The van der Waals surface area contributed by atoms with Crippen LogP contribution < -0.4 is 0 Å². The van der Waals surface area contributed by atoms with Crippen LogP contribution >= 0.6 is 31.9 Å². The molecule has 0 radical (unpaired) electrons. The summed E-state index contributed by atoms with van der Waals surface area (Å²) in [5.41, 5.74) is -1.46. The van der Waals surface area contributed by atoms with E-state index in [1.807, 2.05) is 4.98 Å². The summed E-state index contributed by atoms with van der Waals surface area (Å²) in [6.07, 6.45) is -5.09. The van der Waals surface area contributed by atoms with Gasteiger partial charge in [0.15, 0.2) is 5.69 Å². The molecule has 0 saturated carbocycles. The molecular weight excluding hydrogens is 464 g/mol. The molecule has 2 rings (SSSR count). The number of halogens is 6. The molecule has 0 aliphatic heterocycles. The Morgan fingerprint density at radius 2 is 1.92 bits per heavy atom. The van der Waals surface area contributed by atoms with Gasteiger partial charge in [0.2, 0.25) is 0 Å². The summed E-state index contributed by atoms with van der Waals surface area (Å²) in [5.74, 6) is -1.95. The Kier molecular flexibility index (Phi) is 5.38. The molecule has 0 fully saturated rings. The number of aromatic amines is 1. The molecular formula is C14H10Br2F4N2O2. The van der Waals surface area contributed by atoms with Crippen LogP contribution in [0, 0.1) is 5.82 Å². The smallest absolute Gasteiger partial charge is 0.433 e. The number of nitrogens with one attached hydrogen (secondary N) is 1. The maximum atomic E-state index is 14.1. The third-order valence-electron chi connectivity index (χ3n) is 2.82. The van der Waals surface area contributed by atoms with Crippen molar-refractivity contribution in [3.05, 3.63) is 38.3 Å². The number of imidazole rings is 1. The lowest BCUT2D eigenvalue weighted by atomic mass is 10.1. The van der Waals surface area contributed by atoms with Crippen LogP contribution in [0.1, 0.15) is 29.9 Å². The summed E-state index contributed by atoms with van der Waals surface area (Å²) in [4.78, 5) is 17.7. The Balaban J connectivity index is 2.54. The van der Waals surface area contributed by atoms with Crippen molar-refractivity contribution in [2.45, 2.75) is 26.1 Å². The number of H-pyrrole nitrogens is 1. The van der Waals surface area contributed by atoms with Crippen LogP contribution in [0.25, 0.3) is 11.4 Å². The van der Waals surface area contributed by atoms with Gasteiger partial charge in [0.1, 0.15) is 16.2 Å². The van der Waals surface area contributed by atoms with Gasteiger partial charge in [0.05, 0.1) is 17.2 Å². The van der Waals surface area contributed by atoms with Gasteiger partial charge in [0, 0.05) is 4.47 Å². The molecule has 0 aliphatic carbocycles. The molecule has 1 aromatic carbocycles. The van der Waals surface area contributed by atoms with Gasteiger partial charge in [0.25, 0.3) is 0 Å². The molecule has 1 heterocycles. The molecule has 0 spiro atoms. The zero-order chi connectivity index (χ0) is 18.2. The second-order valence-corrected chi connectivity index (χ2v) is 6.62. The number of esters is 1. The first-order valence-electron chi connectivity index (χ1n) is 6.53. The Morgan fingerprint density at radius 3 is 2.42 bits per heavy atom. The lowest BCUT2D eigenvalue weighted by molar-refractivity contribution is -0.141. The van der Waals surface area contributed by atoms with Gasteiger partial charge in [-0.15, -0.1) is 0 Å². The maximum Gasteiger partial charge on any atom is 0.433 e. The molecule has 2 aromatic rings. The number of hydrogen-bond donors (Lipinski definition) is 1. The van der Waals surface area contributed by atoms with E-state index < -0.39 is 34.4 Å². The molecule has 1 aromatic heterocycles. The van der Waals surface area contributed by atoms with E-state index in [0.29, 0.717) is 0 Å². The van der Waals surface area contributed by atoms with Gasteiger partial charge in [-0.05, 0) is 57.8 Å². The highest BCUT2D eigenvalue weighted by Crippen LogP contribution is 2.36. The summed E-state index contributed by atoms with van der Waals surface area (Å²) in [6, 6.07) is 2.05. The number of rotatable bonds is 3. The van der Waals surface area contributed by atoms with Crippen molar-refractivity contribution in [2.24, 2.45) is 0 Å². The molecule has 0 amide bonds. The van der Waals surface area contributed by atoms with Crippen LogP contribution in [0.5, 0.6) is 0 Å². The Labute approximate surface area is 150 Å². The number of hydrogen-bond acceptors (Lipinski definition) is 3. The standard InChI is InChI=1S/C14H10Br2F4N2O2/c1-5(2)24-13(23)6-3-7(9(17)4-8(6)15)12-21-10(11(16)22-12)14(18,19)20/h3-5H,1-2H3,(H,21,22). The van der Waals surface area contributed by atoms with E-state index in [4.69, 9.17) is 4.74 Å². The van der Waals surface area contributed by atoms with E-state index in [2.05, 4.69) is 36.8 Å². The van der Waals surface area contributed by atoms with Crippen molar-refractivity contribution >= 4 is 37.8 Å². The van der Waals surface area contributed by atoms with Gasteiger partial charge in [-0.25, -0.2) is 14.2 Å². The van der Waals surface area contributed by atoms with E-state index in [9.17, 15) is 22.4 Å². The summed E-state index contributed by atoms with van der Waals surface area (Å²) in [6.45, 7) is 3.27. The molecule has 0 unspecified atom stereocenters. The fourth-order valence-corrected chi connectivity index (χ4v) is 2.81. The van der Waals surface area contributed by atoms with Crippen molar-refractivity contribution in [1.82, 2.24) is 9.97 Å². The van der Waals surface area contributed by atoms with Gasteiger partial charge >= 0.3 is 12.1 Å². The largest absolute Gasteiger partial charge is 0.459 e. The molecule has 0 bridgehead atoms. The van der Waals surface area contributed by atoms with Gasteiger partial charge in [-0.1, -0.05) is 0 Å². The van der Waals surface area contributed by atoms with E-state index in [-0.39, 0.29) is 21.4 Å². The minimum absolute atomic E-state index is 0.0267. The molecule has 24 heavy (non-hydrogen) atoms. The molecule has 1 N–H and O–H groups in total. The first-order valence-corrected chi connectivity index (χ1v) is 8.12. The highest BCUT2D eigenvalue weighted by atomic mass is 79.9. The average Bonchev–Trinajstić information content (AvgIpc) is 2.79. The predicted octanol–water partition coefficient (Wildman–Crippen LogP) is 5.32. The molecule has 10 heteroatoms. The van der Waals surface area contributed by atoms with Crippen molar-refractivity contribution in [3.63, 3.8) is 0 Å². The summed E-state index contributed by atoms with van der Waals surface area (Å²) < 4.78 is 57.2. The third-order valence-corrected chi connectivity index (χ3v) is 4.05. The highest BCUT2D eigenvalue weighted by Gasteiger charge is 2.36. The molecule has 0 aliphatic rings. The first kappa shape index (κ1) is 18.9. The number of aromatic nitrogens is 2. The summed E-state index contributed by atoms with van der Waals surface area (Å²) >= 11 is 5.72. The average molecular weight is 474 g/mol. The summed E-state index contributed by atoms with van der Waals surface area (Å²) in [5, 5.41) is 0. The Bertz CT molecular complexity index is 788. The third kappa shape index (κ3) is 3.97. The highest BCUT2D eigenvalue weighted by molar-refractivity contribution is 9.10. The number of alkyl halides is 3. The lowest BCUT2D eigenvalue weighted by Gasteiger charge is -2.11. The quantitative estimate of drug-likeness (QED) is 0.484. The predicted molar refractivity (Wildman–Crippen MR) is 84.9 cm³/mol. The van der Waals surface area contributed by atoms with E-state index >= 15 is 0 Å². The minimum Gasteiger partial charge on any atom is -0.459 e. The molecule has 130 valence electrons. The van der Waals surface area contributed by atoms with Crippen LogP contribution in [0.2, 0.25) is 0 Å². The van der Waals surface area contributed by atoms with Crippen LogP contribution in [0.4, 0.5) is 17.6 Å². The molecule has 0 atom stereocenters. The van der Waals surface area contributed by atoms with E-state index in [1.54, 1.807) is 13.8 Å². The number of benzene rings is 1. The fourth-order valence-electron chi connectivity index (χ4n) is 1.83. The summed E-state index contributed by atoms with van der Waals surface area (Å²) in [7, 11) is 0. The number of carbonyl (C=O) groups excluding carboxylic acids is 1. The number of ether oxygens (including phenoxy) is 1. The zero-order valence-corrected chi connectivity index (χ0v) is 15.4. The lowest BCUT2D eigenvalue weighted by Crippen LogP contribution is -2.12. The van der Waals surface area contributed by atoms with Crippen molar-refractivity contribution in [1.29, 1.82) is 0 Å². The second kappa shape index (κ2) is 6.83. The molecule has 4 nitrogen and oxygen atoms in total. The number of nitrogens with zero attached hydrogens (tertiary/aromatic N) is 1. The monoisotopic (exact) mass is 472 g/mol. The van der Waals surface area contributed by atoms with Crippen LogP contribution in [-0.2, 0) is 10.9 Å². The number of carbonyl (C=O) groups is 1. The topological polar surface area (TPSA) is 55.0 Å². The minimum atomic E-state index is -4.69. The van der Waals surface area contributed by atoms with Crippen LogP contribution in [0.3, 0.4) is 0 Å². The SMILES string of the molecule is CC(C)OC(=O)c1cc(-c2nc(Br)c(C(F)(F)F)[nH]2)c(F)cc1Br. The Hall–Kier alpha value is -1.42. The fraction of sp³-hybridized carbons (Fsp3) is 0.286. The molecule has 0 saturated heterocycles. The van der Waals surface area contributed by atoms with Crippen LogP contribution in [-0.4, -0.2) is 22.0 Å². The Morgan fingerprint density at radius 1 is 1.29 bits per heavy atom. The maximum absolute atomic E-state index is 14.1. The van der Waals surface area contributed by atoms with Crippen LogP contribution in [0.15, 0.2) is 21.2 Å². The normalized spacial score (nSPS) is 11.9. The van der Waals surface area contributed by atoms with Crippen molar-refractivity contribution < 1.29 is 27.1 Å². The first-order chi connectivity index (χ1) is 11.0. The van der Waals surface area contributed by atoms with Gasteiger partial charge in [-0.2, -0.15) is 13.2 Å². The second-order valence-electron chi connectivity index (χ2n) is 5.01. The van der Waals surface area contributed by atoms with Crippen molar-refractivity contribution in [2.75, 3.05) is 0 Å².